The van der Waals surface area contributed by atoms with E-state index in [4.69, 9.17) is 5.73 Å². The number of thiophene rings is 1. The summed E-state index contributed by atoms with van der Waals surface area (Å²) >= 11 is 3.75. The molecule has 14 heavy (non-hydrogen) atoms. The van der Waals surface area contributed by atoms with Gasteiger partial charge in [0.1, 0.15) is 0 Å². The van der Waals surface area contributed by atoms with Gasteiger partial charge in [-0.3, -0.25) is 0 Å². The van der Waals surface area contributed by atoms with E-state index in [0.29, 0.717) is 6.54 Å². The maximum absolute atomic E-state index is 5.61. The summed E-state index contributed by atoms with van der Waals surface area (Å²) in [4.78, 5) is 1.45. The molecule has 0 saturated carbocycles. The van der Waals surface area contributed by atoms with E-state index in [-0.39, 0.29) is 0 Å². The smallest absolute Gasteiger partial charge is 0.0346 e. The highest BCUT2D eigenvalue weighted by molar-refractivity contribution is 7.97. The van der Waals surface area contributed by atoms with Crippen molar-refractivity contribution < 1.29 is 0 Å². The maximum atomic E-state index is 5.61. The van der Waals surface area contributed by atoms with E-state index in [1.807, 2.05) is 23.1 Å². The van der Waals surface area contributed by atoms with Gasteiger partial charge in [0.25, 0.3) is 0 Å². The van der Waals surface area contributed by atoms with Crippen molar-refractivity contribution in [2.75, 3.05) is 6.26 Å². The fraction of sp³-hybridized carbons (Fsp3) is 0.273. The number of thioether (sulfide) groups is 1. The normalized spacial score (nSPS) is 11.0. The molecule has 0 bridgehead atoms. The summed E-state index contributed by atoms with van der Waals surface area (Å²) in [6, 6.07) is 8.75. The summed E-state index contributed by atoms with van der Waals surface area (Å²) in [5, 5.41) is 1.34. The van der Waals surface area contributed by atoms with Gasteiger partial charge in [-0.1, -0.05) is 6.07 Å². The Kier molecular flexibility index (Phi) is 3.11. The highest BCUT2D eigenvalue weighted by Gasteiger charge is 2.01. The summed E-state index contributed by atoms with van der Waals surface area (Å²) in [7, 11) is 0. The molecule has 0 radical (unpaired) electrons. The fourth-order valence-corrected chi connectivity index (χ4v) is 3.29. The lowest BCUT2D eigenvalue weighted by atomic mass is 10.2. The Morgan fingerprint density at radius 1 is 1.36 bits per heavy atom. The minimum Gasteiger partial charge on any atom is -0.326 e. The van der Waals surface area contributed by atoms with Gasteiger partial charge >= 0.3 is 0 Å². The zero-order chi connectivity index (χ0) is 9.97. The number of hydrogen-bond acceptors (Lipinski definition) is 3. The average Bonchev–Trinajstić information content (AvgIpc) is 2.59. The Morgan fingerprint density at radius 3 is 2.93 bits per heavy atom. The molecule has 3 heteroatoms. The van der Waals surface area contributed by atoms with E-state index in [9.17, 15) is 0 Å². The van der Waals surface area contributed by atoms with Crippen molar-refractivity contribution in [3.8, 4) is 0 Å². The first kappa shape index (κ1) is 10.0. The third-order valence-corrected chi connectivity index (χ3v) is 4.05. The largest absolute Gasteiger partial charge is 0.326 e. The lowest BCUT2D eigenvalue weighted by Crippen LogP contribution is -1.94. The van der Waals surface area contributed by atoms with E-state index < -0.39 is 0 Å². The van der Waals surface area contributed by atoms with Gasteiger partial charge in [0.05, 0.1) is 0 Å². The predicted molar refractivity (Wildman–Crippen MR) is 66.9 cm³/mol. The third-order valence-electron chi connectivity index (χ3n) is 2.15. The number of nitrogens with two attached hydrogens (primary N) is 1. The van der Waals surface area contributed by atoms with Crippen LogP contribution < -0.4 is 5.73 Å². The Hall–Kier alpha value is -0.510. The molecular formula is C11H13NS2. The highest BCUT2D eigenvalue weighted by Crippen LogP contribution is 2.28. The first-order chi connectivity index (χ1) is 6.83. The van der Waals surface area contributed by atoms with Crippen LogP contribution in [-0.4, -0.2) is 6.26 Å². The maximum Gasteiger partial charge on any atom is 0.0346 e. The molecule has 0 aliphatic rings. The first-order valence-electron chi connectivity index (χ1n) is 4.54. The Morgan fingerprint density at radius 2 is 2.21 bits per heavy atom. The standard InChI is InChI=1S/C11H13NS2/c1-13-7-10-5-9-4-8(6-12)2-3-11(9)14-10/h2-5H,6-7,12H2,1H3. The lowest BCUT2D eigenvalue weighted by molar-refractivity contribution is 1.08. The Bertz CT molecular complexity index is 434. The monoisotopic (exact) mass is 223 g/mol. The molecule has 1 aromatic heterocycles. The van der Waals surface area contributed by atoms with Crippen LogP contribution in [0.2, 0.25) is 0 Å². The molecule has 0 atom stereocenters. The molecule has 1 aromatic carbocycles. The van der Waals surface area contributed by atoms with E-state index >= 15 is 0 Å². The molecular weight excluding hydrogens is 210 g/mol. The van der Waals surface area contributed by atoms with Gasteiger partial charge in [0, 0.05) is 21.9 Å². The zero-order valence-corrected chi connectivity index (χ0v) is 9.75. The second kappa shape index (κ2) is 4.34. The molecule has 0 saturated heterocycles. The summed E-state index contributed by atoms with van der Waals surface area (Å²) in [6.45, 7) is 0.629. The SMILES string of the molecule is CSCc1cc2cc(CN)ccc2s1. The topological polar surface area (TPSA) is 26.0 Å². The van der Waals surface area contributed by atoms with Gasteiger partial charge in [-0.15, -0.1) is 11.3 Å². The second-order valence-electron chi connectivity index (χ2n) is 3.22. The van der Waals surface area contributed by atoms with Crippen molar-refractivity contribution in [2.24, 2.45) is 5.73 Å². The lowest BCUT2D eigenvalue weighted by Gasteiger charge is -1.94. The number of hydrogen-bond donors (Lipinski definition) is 1. The van der Waals surface area contributed by atoms with Crippen LogP contribution in [0.3, 0.4) is 0 Å². The number of fused-ring (bicyclic) bond motifs is 1. The quantitative estimate of drug-likeness (QED) is 0.864. The van der Waals surface area contributed by atoms with Gasteiger partial charge in [0.2, 0.25) is 0 Å². The molecule has 0 aliphatic carbocycles. The fourth-order valence-electron chi connectivity index (χ4n) is 1.49. The molecule has 0 fully saturated rings. The van der Waals surface area contributed by atoms with Crippen LogP contribution in [0, 0.1) is 0 Å². The molecule has 0 unspecified atom stereocenters. The van der Waals surface area contributed by atoms with E-state index in [0.717, 1.165) is 5.75 Å². The third kappa shape index (κ3) is 1.95. The van der Waals surface area contributed by atoms with Crippen molar-refractivity contribution in [3.63, 3.8) is 0 Å². The first-order valence-corrected chi connectivity index (χ1v) is 6.75. The van der Waals surface area contributed by atoms with Crippen molar-refractivity contribution in [1.29, 1.82) is 0 Å². The predicted octanol–water partition coefficient (Wildman–Crippen LogP) is 3.22. The zero-order valence-electron chi connectivity index (χ0n) is 8.12. The van der Waals surface area contributed by atoms with Gasteiger partial charge in [-0.2, -0.15) is 11.8 Å². The van der Waals surface area contributed by atoms with Crippen molar-refractivity contribution >= 4 is 33.2 Å². The Labute approximate surface area is 92.3 Å². The molecule has 2 rings (SSSR count). The minimum absolute atomic E-state index is 0.629. The van der Waals surface area contributed by atoms with Crippen LogP contribution in [0.15, 0.2) is 24.3 Å². The molecule has 0 amide bonds. The average molecular weight is 223 g/mol. The van der Waals surface area contributed by atoms with Gasteiger partial charge < -0.3 is 5.73 Å². The minimum atomic E-state index is 0.629. The summed E-state index contributed by atoms with van der Waals surface area (Å²) in [5.74, 6) is 1.11. The van der Waals surface area contributed by atoms with E-state index in [1.54, 1.807) is 0 Å². The number of benzene rings is 1. The van der Waals surface area contributed by atoms with E-state index in [1.165, 1.54) is 20.5 Å². The van der Waals surface area contributed by atoms with E-state index in [2.05, 4.69) is 30.5 Å². The summed E-state index contributed by atoms with van der Waals surface area (Å²) in [5.41, 5.74) is 6.82. The van der Waals surface area contributed by atoms with Crippen LogP contribution in [-0.2, 0) is 12.3 Å². The van der Waals surface area contributed by atoms with Crippen LogP contribution >= 0.6 is 23.1 Å². The molecule has 0 aliphatic heterocycles. The molecule has 0 spiro atoms. The van der Waals surface area contributed by atoms with Gasteiger partial charge in [-0.25, -0.2) is 0 Å². The van der Waals surface area contributed by atoms with Crippen molar-refractivity contribution in [2.45, 2.75) is 12.3 Å². The van der Waals surface area contributed by atoms with Gasteiger partial charge in [0.15, 0.2) is 0 Å². The van der Waals surface area contributed by atoms with Crippen LogP contribution in [0.25, 0.3) is 10.1 Å². The molecule has 2 N–H and O–H groups in total. The molecule has 1 heterocycles. The van der Waals surface area contributed by atoms with Crippen molar-refractivity contribution in [3.05, 3.63) is 34.7 Å². The second-order valence-corrected chi connectivity index (χ2v) is 5.26. The highest BCUT2D eigenvalue weighted by atomic mass is 32.2. The summed E-state index contributed by atoms with van der Waals surface area (Å²) < 4.78 is 1.37. The van der Waals surface area contributed by atoms with Crippen molar-refractivity contribution in [1.82, 2.24) is 0 Å². The number of rotatable bonds is 3. The van der Waals surface area contributed by atoms with Crippen LogP contribution in [0.5, 0.6) is 0 Å². The summed E-state index contributed by atoms with van der Waals surface area (Å²) in [6.07, 6.45) is 2.13. The molecule has 2 aromatic rings. The molecule has 1 nitrogen and oxygen atoms in total. The van der Waals surface area contributed by atoms with Crippen LogP contribution in [0.1, 0.15) is 10.4 Å². The Balaban J connectivity index is 2.43. The molecule has 74 valence electrons. The van der Waals surface area contributed by atoms with Crippen LogP contribution in [0.4, 0.5) is 0 Å². The van der Waals surface area contributed by atoms with Gasteiger partial charge in [-0.05, 0) is 35.4 Å².